The Labute approximate surface area is 107 Å². The zero-order valence-corrected chi connectivity index (χ0v) is 10.8. The van der Waals surface area contributed by atoms with Gasteiger partial charge in [0.2, 0.25) is 0 Å². The SMILES string of the molecule is COc1cc(OC)cc(C(=O)N(C)CCC#N)c1. The van der Waals surface area contributed by atoms with Crippen LogP contribution in [0.2, 0.25) is 0 Å². The first-order valence-electron chi connectivity index (χ1n) is 5.48. The standard InChI is InChI=1S/C13H16N2O3/c1-15(6-4-5-14)13(16)10-7-11(17-2)9-12(8-10)18-3/h7-9H,4,6H2,1-3H3. The highest BCUT2D eigenvalue weighted by Crippen LogP contribution is 2.23. The minimum atomic E-state index is -0.164. The van der Waals surface area contributed by atoms with Gasteiger partial charge in [0.1, 0.15) is 11.5 Å². The van der Waals surface area contributed by atoms with E-state index in [4.69, 9.17) is 14.7 Å². The highest BCUT2D eigenvalue weighted by molar-refractivity contribution is 5.95. The Morgan fingerprint density at radius 1 is 1.28 bits per heavy atom. The number of hydrogen-bond donors (Lipinski definition) is 0. The Morgan fingerprint density at radius 2 is 1.83 bits per heavy atom. The van der Waals surface area contributed by atoms with Crippen LogP contribution in [0.15, 0.2) is 18.2 Å². The van der Waals surface area contributed by atoms with Gasteiger partial charge in [-0.15, -0.1) is 0 Å². The van der Waals surface area contributed by atoms with Crippen molar-refractivity contribution in [2.75, 3.05) is 27.8 Å². The highest BCUT2D eigenvalue weighted by atomic mass is 16.5. The predicted octanol–water partition coefficient (Wildman–Crippen LogP) is 1.69. The first kappa shape index (κ1) is 13.8. The molecule has 0 unspecified atom stereocenters. The Balaban J connectivity index is 2.94. The van der Waals surface area contributed by atoms with Crippen molar-refractivity contribution in [2.45, 2.75) is 6.42 Å². The van der Waals surface area contributed by atoms with E-state index in [1.807, 2.05) is 6.07 Å². The fourth-order valence-corrected chi connectivity index (χ4v) is 1.47. The third kappa shape index (κ3) is 3.39. The molecule has 5 heteroatoms. The van der Waals surface area contributed by atoms with Crippen molar-refractivity contribution in [1.82, 2.24) is 4.90 Å². The van der Waals surface area contributed by atoms with Gasteiger partial charge in [0, 0.05) is 25.2 Å². The van der Waals surface area contributed by atoms with E-state index in [2.05, 4.69) is 0 Å². The summed E-state index contributed by atoms with van der Waals surface area (Å²) in [6.45, 7) is 0.398. The van der Waals surface area contributed by atoms with Crippen molar-refractivity contribution in [3.63, 3.8) is 0 Å². The summed E-state index contributed by atoms with van der Waals surface area (Å²) in [5, 5.41) is 8.50. The van der Waals surface area contributed by atoms with E-state index in [0.717, 1.165) is 0 Å². The molecule has 1 aromatic rings. The van der Waals surface area contributed by atoms with Crippen molar-refractivity contribution >= 4 is 5.91 Å². The lowest BCUT2D eigenvalue weighted by atomic mass is 10.1. The van der Waals surface area contributed by atoms with Gasteiger partial charge in [-0.1, -0.05) is 0 Å². The van der Waals surface area contributed by atoms with Crippen LogP contribution in [-0.2, 0) is 0 Å². The molecule has 5 nitrogen and oxygen atoms in total. The molecule has 1 aromatic carbocycles. The summed E-state index contributed by atoms with van der Waals surface area (Å²) in [4.78, 5) is 13.6. The summed E-state index contributed by atoms with van der Waals surface area (Å²) in [5.41, 5.74) is 0.478. The van der Waals surface area contributed by atoms with Crippen LogP contribution in [-0.4, -0.2) is 38.6 Å². The average Bonchev–Trinajstić information content (AvgIpc) is 2.43. The van der Waals surface area contributed by atoms with Gasteiger partial charge < -0.3 is 14.4 Å². The van der Waals surface area contributed by atoms with Crippen molar-refractivity contribution in [1.29, 1.82) is 5.26 Å². The summed E-state index contributed by atoms with van der Waals surface area (Å²) in [6.07, 6.45) is 0.309. The zero-order valence-electron chi connectivity index (χ0n) is 10.8. The molecule has 0 heterocycles. The topological polar surface area (TPSA) is 62.6 Å². The lowest BCUT2D eigenvalue weighted by Crippen LogP contribution is -2.27. The number of carbonyl (C=O) groups excluding carboxylic acids is 1. The van der Waals surface area contributed by atoms with E-state index in [1.165, 1.54) is 19.1 Å². The fourth-order valence-electron chi connectivity index (χ4n) is 1.47. The average molecular weight is 248 g/mol. The van der Waals surface area contributed by atoms with Crippen LogP contribution in [0.3, 0.4) is 0 Å². The first-order chi connectivity index (χ1) is 8.62. The molecule has 1 amide bonds. The van der Waals surface area contributed by atoms with E-state index in [0.29, 0.717) is 30.0 Å². The summed E-state index contributed by atoms with van der Waals surface area (Å²) < 4.78 is 10.2. The molecule has 0 fully saturated rings. The van der Waals surface area contributed by atoms with Gasteiger partial charge in [-0.3, -0.25) is 4.79 Å². The smallest absolute Gasteiger partial charge is 0.253 e. The third-order valence-electron chi connectivity index (χ3n) is 2.50. The van der Waals surface area contributed by atoms with Crippen LogP contribution >= 0.6 is 0 Å². The first-order valence-corrected chi connectivity index (χ1v) is 5.48. The Bertz CT molecular complexity index is 444. The number of rotatable bonds is 5. The summed E-state index contributed by atoms with van der Waals surface area (Å²) in [6, 6.07) is 7.00. The summed E-state index contributed by atoms with van der Waals surface area (Å²) in [5.74, 6) is 0.959. The quantitative estimate of drug-likeness (QED) is 0.795. The van der Waals surface area contributed by atoms with Crippen LogP contribution in [0, 0.1) is 11.3 Å². The number of carbonyl (C=O) groups is 1. The number of methoxy groups -OCH3 is 2. The maximum absolute atomic E-state index is 12.1. The number of ether oxygens (including phenoxy) is 2. The Hall–Kier alpha value is -2.22. The molecule has 96 valence electrons. The molecule has 0 saturated carbocycles. The Kier molecular flexibility index (Phi) is 5.00. The molecule has 0 aliphatic rings. The van der Waals surface area contributed by atoms with Gasteiger partial charge in [-0.2, -0.15) is 5.26 Å². The second kappa shape index (κ2) is 6.50. The lowest BCUT2D eigenvalue weighted by molar-refractivity contribution is 0.0797. The molecule has 0 N–H and O–H groups in total. The minimum absolute atomic E-state index is 0.164. The maximum atomic E-state index is 12.1. The van der Waals surface area contributed by atoms with Gasteiger partial charge in [-0.05, 0) is 12.1 Å². The van der Waals surface area contributed by atoms with Crippen LogP contribution < -0.4 is 9.47 Å². The van der Waals surface area contributed by atoms with Crippen LogP contribution in [0.25, 0.3) is 0 Å². The molecule has 0 saturated heterocycles. The van der Waals surface area contributed by atoms with Crippen molar-refractivity contribution < 1.29 is 14.3 Å². The van der Waals surface area contributed by atoms with Crippen LogP contribution in [0.1, 0.15) is 16.8 Å². The monoisotopic (exact) mass is 248 g/mol. The zero-order chi connectivity index (χ0) is 13.5. The normalized spacial score (nSPS) is 9.44. The van der Waals surface area contributed by atoms with E-state index in [-0.39, 0.29) is 5.91 Å². The van der Waals surface area contributed by atoms with Gasteiger partial charge >= 0.3 is 0 Å². The minimum Gasteiger partial charge on any atom is -0.497 e. The number of hydrogen-bond acceptors (Lipinski definition) is 4. The second-order valence-corrected chi connectivity index (χ2v) is 3.74. The summed E-state index contributed by atoms with van der Waals surface area (Å²) >= 11 is 0. The van der Waals surface area contributed by atoms with Gasteiger partial charge in [-0.25, -0.2) is 0 Å². The lowest BCUT2D eigenvalue weighted by Gasteiger charge is -2.16. The maximum Gasteiger partial charge on any atom is 0.253 e. The van der Waals surface area contributed by atoms with Crippen molar-refractivity contribution in [3.05, 3.63) is 23.8 Å². The molecule has 0 aromatic heterocycles. The number of benzene rings is 1. The van der Waals surface area contributed by atoms with Crippen LogP contribution in [0.4, 0.5) is 0 Å². The van der Waals surface area contributed by atoms with Crippen molar-refractivity contribution in [2.24, 2.45) is 0 Å². The largest absolute Gasteiger partial charge is 0.497 e. The summed E-state index contributed by atoms with van der Waals surface area (Å²) in [7, 11) is 4.72. The molecule has 0 atom stereocenters. The molecule has 0 spiro atoms. The van der Waals surface area contributed by atoms with Gasteiger partial charge in [0.15, 0.2) is 0 Å². The molecule has 0 radical (unpaired) electrons. The molecule has 0 bridgehead atoms. The second-order valence-electron chi connectivity index (χ2n) is 3.74. The molecule has 0 aliphatic carbocycles. The number of amides is 1. The molecule has 0 aliphatic heterocycles. The Morgan fingerprint density at radius 3 is 2.28 bits per heavy atom. The number of nitriles is 1. The van der Waals surface area contributed by atoms with E-state index in [9.17, 15) is 4.79 Å². The van der Waals surface area contributed by atoms with Gasteiger partial charge in [0.05, 0.1) is 26.7 Å². The highest BCUT2D eigenvalue weighted by Gasteiger charge is 2.13. The van der Waals surface area contributed by atoms with E-state index in [1.54, 1.807) is 25.2 Å². The van der Waals surface area contributed by atoms with Crippen LogP contribution in [0.5, 0.6) is 11.5 Å². The van der Waals surface area contributed by atoms with E-state index >= 15 is 0 Å². The van der Waals surface area contributed by atoms with E-state index < -0.39 is 0 Å². The molecular weight excluding hydrogens is 232 g/mol. The fraction of sp³-hybridized carbons (Fsp3) is 0.385. The molecule has 18 heavy (non-hydrogen) atoms. The molecular formula is C13H16N2O3. The van der Waals surface area contributed by atoms with Crippen molar-refractivity contribution in [3.8, 4) is 17.6 Å². The molecule has 1 rings (SSSR count). The predicted molar refractivity (Wildman–Crippen MR) is 66.7 cm³/mol. The number of nitrogens with zero attached hydrogens (tertiary/aromatic N) is 2. The third-order valence-corrected chi connectivity index (χ3v) is 2.50. The van der Waals surface area contributed by atoms with Gasteiger partial charge in [0.25, 0.3) is 5.91 Å².